The van der Waals surface area contributed by atoms with Crippen LogP contribution in [0.4, 0.5) is 4.79 Å². The van der Waals surface area contributed by atoms with Gasteiger partial charge in [-0.15, -0.1) is 0 Å². The quantitative estimate of drug-likeness (QED) is 0.613. The monoisotopic (exact) mass is 279 g/mol. The van der Waals surface area contributed by atoms with Gasteiger partial charge in [-0.3, -0.25) is 14.5 Å². The minimum Gasteiger partial charge on any atom is -0.352 e. The molecule has 1 aliphatic heterocycles. The molecule has 0 aromatic rings. The lowest BCUT2D eigenvalue weighted by Gasteiger charge is -2.17. The van der Waals surface area contributed by atoms with Gasteiger partial charge in [0.1, 0.15) is 6.04 Å². The number of imide groups is 1. The van der Waals surface area contributed by atoms with E-state index in [0.29, 0.717) is 6.54 Å². The van der Waals surface area contributed by atoms with Crippen molar-refractivity contribution in [2.24, 2.45) is 0 Å². The van der Waals surface area contributed by atoms with E-state index in [0.717, 1.165) is 17.7 Å². The number of allylic oxidation sites excluding steroid dienone is 1. The fourth-order valence-corrected chi connectivity index (χ4v) is 2.60. The average Bonchev–Trinajstić information content (AvgIpc) is 2.64. The highest BCUT2D eigenvalue weighted by molar-refractivity contribution is 6.05. The third kappa shape index (κ3) is 3.00. The molecular formula is C14H21N3O3. The molecule has 1 N–H and O–H groups in total. The van der Waals surface area contributed by atoms with Crippen molar-refractivity contribution in [3.63, 3.8) is 0 Å². The van der Waals surface area contributed by atoms with Crippen molar-refractivity contribution in [1.29, 1.82) is 0 Å². The van der Waals surface area contributed by atoms with Gasteiger partial charge in [-0.2, -0.15) is 0 Å². The van der Waals surface area contributed by atoms with Crippen LogP contribution >= 0.6 is 0 Å². The van der Waals surface area contributed by atoms with Gasteiger partial charge in [0.15, 0.2) is 0 Å². The molecule has 1 heterocycles. The molecule has 6 nitrogen and oxygen atoms in total. The van der Waals surface area contributed by atoms with Crippen LogP contribution in [0.25, 0.3) is 0 Å². The molecule has 0 aromatic carbocycles. The molecule has 2 aliphatic rings. The van der Waals surface area contributed by atoms with Crippen molar-refractivity contribution in [3.8, 4) is 0 Å². The van der Waals surface area contributed by atoms with Gasteiger partial charge in [0, 0.05) is 20.6 Å². The Labute approximate surface area is 118 Å². The molecule has 4 amide bonds. The van der Waals surface area contributed by atoms with Gasteiger partial charge in [0.25, 0.3) is 5.91 Å². The van der Waals surface area contributed by atoms with Crippen LogP contribution in [-0.4, -0.2) is 54.3 Å². The zero-order valence-electron chi connectivity index (χ0n) is 12.0. The molecule has 110 valence electrons. The molecular weight excluding hydrogens is 258 g/mol. The van der Waals surface area contributed by atoms with Crippen LogP contribution < -0.4 is 5.32 Å². The first-order chi connectivity index (χ1) is 9.50. The molecule has 2 rings (SSSR count). The fourth-order valence-electron chi connectivity index (χ4n) is 2.60. The Morgan fingerprint density at radius 2 is 2.10 bits per heavy atom. The van der Waals surface area contributed by atoms with Gasteiger partial charge < -0.3 is 10.2 Å². The molecule has 1 unspecified atom stereocenters. The molecule has 0 spiro atoms. The number of nitrogens with zero attached hydrogens (tertiary/aromatic N) is 2. The van der Waals surface area contributed by atoms with Crippen LogP contribution in [-0.2, 0) is 9.59 Å². The minimum absolute atomic E-state index is 0.0265. The van der Waals surface area contributed by atoms with Crippen molar-refractivity contribution >= 4 is 17.8 Å². The molecule has 0 bridgehead atoms. The average molecular weight is 279 g/mol. The van der Waals surface area contributed by atoms with Crippen LogP contribution in [0, 0.1) is 0 Å². The van der Waals surface area contributed by atoms with Gasteiger partial charge in [0.2, 0.25) is 5.91 Å². The standard InChI is InChI=1S/C14H21N3O3/c1-16-11(13(19)17(2)14(16)20)8-12(18)15-9-10-6-4-3-5-7-10/h6,11H,3-5,7-9H2,1-2H3,(H,15,18). The van der Waals surface area contributed by atoms with Crippen molar-refractivity contribution in [1.82, 2.24) is 15.1 Å². The van der Waals surface area contributed by atoms with Crippen LogP contribution in [0.1, 0.15) is 32.1 Å². The summed E-state index contributed by atoms with van der Waals surface area (Å²) in [6.45, 7) is 0.549. The number of hydrogen-bond donors (Lipinski definition) is 1. The lowest BCUT2D eigenvalue weighted by atomic mass is 9.99. The summed E-state index contributed by atoms with van der Waals surface area (Å²) in [6.07, 6.45) is 6.70. The normalized spacial score (nSPS) is 23.1. The van der Waals surface area contributed by atoms with Gasteiger partial charge in [-0.1, -0.05) is 11.6 Å². The number of urea groups is 1. The van der Waals surface area contributed by atoms with Crippen molar-refractivity contribution in [2.75, 3.05) is 20.6 Å². The van der Waals surface area contributed by atoms with Crippen LogP contribution in [0.15, 0.2) is 11.6 Å². The summed E-state index contributed by atoms with van der Waals surface area (Å²) in [4.78, 5) is 37.7. The molecule has 1 atom stereocenters. The first kappa shape index (κ1) is 14.6. The molecule has 0 radical (unpaired) electrons. The second-order valence-corrected chi connectivity index (χ2v) is 5.40. The van der Waals surface area contributed by atoms with Crippen LogP contribution in [0.2, 0.25) is 0 Å². The summed E-state index contributed by atoms with van der Waals surface area (Å²) in [5.74, 6) is -0.505. The Hall–Kier alpha value is -1.85. The van der Waals surface area contributed by atoms with E-state index in [1.165, 1.54) is 30.4 Å². The molecule has 6 heteroatoms. The number of rotatable bonds is 4. The van der Waals surface area contributed by atoms with E-state index in [4.69, 9.17) is 0 Å². The maximum absolute atomic E-state index is 11.9. The Bertz CT molecular complexity index is 459. The number of carbonyl (C=O) groups is 3. The number of nitrogens with one attached hydrogen (secondary N) is 1. The lowest BCUT2D eigenvalue weighted by Crippen LogP contribution is -2.38. The molecule has 0 saturated carbocycles. The highest BCUT2D eigenvalue weighted by atomic mass is 16.2. The van der Waals surface area contributed by atoms with E-state index in [1.807, 2.05) is 0 Å². The summed E-state index contributed by atoms with van der Waals surface area (Å²) >= 11 is 0. The highest BCUT2D eigenvalue weighted by Gasteiger charge is 2.41. The molecule has 1 saturated heterocycles. The van der Waals surface area contributed by atoms with Crippen molar-refractivity contribution in [3.05, 3.63) is 11.6 Å². The summed E-state index contributed by atoms with van der Waals surface area (Å²) in [5.41, 5.74) is 1.25. The van der Waals surface area contributed by atoms with E-state index >= 15 is 0 Å². The van der Waals surface area contributed by atoms with E-state index in [-0.39, 0.29) is 24.3 Å². The summed E-state index contributed by atoms with van der Waals surface area (Å²) in [6, 6.07) is -1.03. The maximum Gasteiger partial charge on any atom is 0.326 e. The summed E-state index contributed by atoms with van der Waals surface area (Å²) in [7, 11) is 2.98. The zero-order valence-corrected chi connectivity index (χ0v) is 12.0. The SMILES string of the molecule is CN1C(=O)C(CC(=O)NCC2=CCCCC2)N(C)C1=O. The van der Waals surface area contributed by atoms with E-state index in [2.05, 4.69) is 11.4 Å². The van der Waals surface area contributed by atoms with E-state index < -0.39 is 6.04 Å². The third-order valence-corrected chi connectivity index (χ3v) is 3.95. The predicted octanol–water partition coefficient (Wildman–Crippen LogP) is 0.885. The second-order valence-electron chi connectivity index (χ2n) is 5.40. The number of likely N-dealkylation sites (N-methyl/N-ethyl adjacent to an activating group) is 2. The van der Waals surface area contributed by atoms with Gasteiger partial charge in [0.05, 0.1) is 6.42 Å². The fraction of sp³-hybridized carbons (Fsp3) is 0.643. The Kier molecular flexibility index (Phi) is 4.42. The molecule has 0 aromatic heterocycles. The topological polar surface area (TPSA) is 69.7 Å². The molecule has 20 heavy (non-hydrogen) atoms. The first-order valence-corrected chi connectivity index (χ1v) is 6.99. The van der Waals surface area contributed by atoms with Gasteiger partial charge in [-0.05, 0) is 25.7 Å². The van der Waals surface area contributed by atoms with Crippen LogP contribution in [0.3, 0.4) is 0 Å². The second kappa shape index (κ2) is 6.07. The van der Waals surface area contributed by atoms with Crippen molar-refractivity contribution < 1.29 is 14.4 Å². The third-order valence-electron chi connectivity index (χ3n) is 3.95. The highest BCUT2D eigenvalue weighted by Crippen LogP contribution is 2.18. The Morgan fingerprint density at radius 3 is 2.65 bits per heavy atom. The minimum atomic E-state index is -0.673. The molecule has 1 aliphatic carbocycles. The summed E-state index contributed by atoms with van der Waals surface area (Å²) < 4.78 is 0. The van der Waals surface area contributed by atoms with Gasteiger partial charge >= 0.3 is 6.03 Å². The smallest absolute Gasteiger partial charge is 0.326 e. The first-order valence-electron chi connectivity index (χ1n) is 6.99. The number of carbonyl (C=O) groups excluding carboxylic acids is 3. The van der Waals surface area contributed by atoms with E-state index in [1.54, 1.807) is 7.05 Å². The largest absolute Gasteiger partial charge is 0.352 e. The number of amides is 4. The van der Waals surface area contributed by atoms with Crippen molar-refractivity contribution in [2.45, 2.75) is 38.1 Å². The molecule has 1 fully saturated rings. The van der Waals surface area contributed by atoms with E-state index in [9.17, 15) is 14.4 Å². The predicted molar refractivity (Wildman–Crippen MR) is 73.9 cm³/mol. The summed E-state index contributed by atoms with van der Waals surface area (Å²) in [5, 5.41) is 2.83. The Balaban J connectivity index is 1.84. The van der Waals surface area contributed by atoms with Gasteiger partial charge in [-0.25, -0.2) is 4.79 Å². The van der Waals surface area contributed by atoms with Crippen LogP contribution in [0.5, 0.6) is 0 Å². The lowest BCUT2D eigenvalue weighted by molar-refractivity contribution is -0.131. The number of hydrogen-bond acceptors (Lipinski definition) is 3. The Morgan fingerprint density at radius 1 is 1.35 bits per heavy atom. The maximum atomic E-state index is 11.9. The zero-order chi connectivity index (χ0) is 14.7.